The van der Waals surface area contributed by atoms with Crippen LogP contribution in [-0.4, -0.2) is 57.9 Å². The van der Waals surface area contributed by atoms with Crippen LogP contribution in [-0.2, 0) is 14.3 Å². The standard InChI is InChI=1S/C15H24N4O3/c1-10(22-12-5-3-4-6-12)15(20)19-7-8-21-13(9-19)14-16-11(2)17-18-14/h10,12-13H,3-9H2,1-2H3,(H,16,17,18)/t10-,13-/m1/s1. The summed E-state index contributed by atoms with van der Waals surface area (Å²) in [6, 6.07) is 0. The Morgan fingerprint density at radius 2 is 2.23 bits per heavy atom. The maximum atomic E-state index is 12.6. The van der Waals surface area contributed by atoms with Crippen molar-refractivity contribution in [3.05, 3.63) is 11.6 Å². The lowest BCUT2D eigenvalue weighted by atomic mass is 10.2. The number of nitrogens with zero attached hydrogens (tertiary/aromatic N) is 3. The predicted molar refractivity (Wildman–Crippen MR) is 79.2 cm³/mol. The highest BCUT2D eigenvalue weighted by atomic mass is 16.5. The van der Waals surface area contributed by atoms with E-state index in [1.165, 1.54) is 12.8 Å². The molecular formula is C15H24N4O3. The van der Waals surface area contributed by atoms with E-state index >= 15 is 0 Å². The minimum Gasteiger partial charge on any atom is -0.366 e. The summed E-state index contributed by atoms with van der Waals surface area (Å²) in [5.41, 5.74) is 0. The van der Waals surface area contributed by atoms with Crippen LogP contribution in [0.1, 0.15) is 50.4 Å². The summed E-state index contributed by atoms with van der Waals surface area (Å²) in [7, 11) is 0. The molecule has 1 aromatic heterocycles. The van der Waals surface area contributed by atoms with Crippen LogP contribution in [0.2, 0.25) is 0 Å². The molecular weight excluding hydrogens is 284 g/mol. The summed E-state index contributed by atoms with van der Waals surface area (Å²) in [6.45, 7) is 5.27. The van der Waals surface area contributed by atoms with E-state index < -0.39 is 6.10 Å². The van der Waals surface area contributed by atoms with Gasteiger partial charge in [0.15, 0.2) is 5.82 Å². The monoisotopic (exact) mass is 308 g/mol. The summed E-state index contributed by atoms with van der Waals surface area (Å²) < 4.78 is 11.6. The molecule has 2 aliphatic rings. The van der Waals surface area contributed by atoms with E-state index in [2.05, 4.69) is 15.2 Å². The second-order valence-corrected chi connectivity index (χ2v) is 6.11. The van der Waals surface area contributed by atoms with Crippen LogP contribution in [0.5, 0.6) is 0 Å². The number of nitrogens with one attached hydrogen (secondary N) is 1. The number of rotatable bonds is 4. The Kier molecular flexibility index (Phi) is 4.73. The number of carbonyl (C=O) groups is 1. The molecule has 2 heterocycles. The molecule has 1 aromatic rings. The lowest BCUT2D eigenvalue weighted by Crippen LogP contribution is -2.47. The lowest BCUT2D eigenvalue weighted by molar-refractivity contribution is -0.153. The van der Waals surface area contributed by atoms with Crippen LogP contribution >= 0.6 is 0 Å². The fraction of sp³-hybridized carbons (Fsp3) is 0.800. The highest BCUT2D eigenvalue weighted by molar-refractivity contribution is 5.80. The van der Waals surface area contributed by atoms with E-state index in [-0.39, 0.29) is 18.1 Å². The molecule has 3 rings (SSSR count). The highest BCUT2D eigenvalue weighted by Crippen LogP contribution is 2.24. The van der Waals surface area contributed by atoms with Gasteiger partial charge in [-0.25, -0.2) is 4.98 Å². The van der Waals surface area contributed by atoms with Gasteiger partial charge in [-0.05, 0) is 26.7 Å². The first-order chi connectivity index (χ1) is 10.6. The summed E-state index contributed by atoms with van der Waals surface area (Å²) in [5.74, 6) is 1.40. The number of hydrogen-bond donors (Lipinski definition) is 1. The Bertz CT molecular complexity index is 513. The molecule has 1 aliphatic heterocycles. The molecule has 1 amide bonds. The number of morpholine rings is 1. The number of ether oxygens (including phenoxy) is 2. The third kappa shape index (κ3) is 3.47. The van der Waals surface area contributed by atoms with Crippen molar-refractivity contribution in [2.45, 2.75) is 57.8 Å². The Morgan fingerprint density at radius 3 is 2.91 bits per heavy atom. The van der Waals surface area contributed by atoms with Crippen molar-refractivity contribution in [1.82, 2.24) is 20.1 Å². The van der Waals surface area contributed by atoms with Gasteiger partial charge in [-0.15, -0.1) is 0 Å². The van der Waals surface area contributed by atoms with E-state index in [1.807, 2.05) is 13.8 Å². The molecule has 0 bridgehead atoms. The quantitative estimate of drug-likeness (QED) is 0.908. The predicted octanol–water partition coefficient (Wildman–Crippen LogP) is 1.36. The number of aromatic amines is 1. The zero-order valence-corrected chi connectivity index (χ0v) is 13.2. The number of H-pyrrole nitrogens is 1. The fourth-order valence-electron chi connectivity index (χ4n) is 3.14. The second-order valence-electron chi connectivity index (χ2n) is 6.11. The van der Waals surface area contributed by atoms with Gasteiger partial charge in [0, 0.05) is 6.54 Å². The van der Waals surface area contributed by atoms with Gasteiger partial charge in [-0.3, -0.25) is 9.89 Å². The number of amides is 1. The molecule has 0 radical (unpaired) electrons. The van der Waals surface area contributed by atoms with Crippen molar-refractivity contribution < 1.29 is 14.3 Å². The first kappa shape index (κ1) is 15.4. The topological polar surface area (TPSA) is 80.3 Å². The first-order valence-corrected chi connectivity index (χ1v) is 8.08. The molecule has 0 aromatic carbocycles. The van der Waals surface area contributed by atoms with Gasteiger partial charge in [-0.1, -0.05) is 12.8 Å². The number of hydrogen-bond acceptors (Lipinski definition) is 5. The number of aryl methyl sites for hydroxylation is 1. The van der Waals surface area contributed by atoms with Crippen LogP contribution in [0.25, 0.3) is 0 Å². The van der Waals surface area contributed by atoms with Crippen LogP contribution in [0, 0.1) is 6.92 Å². The molecule has 22 heavy (non-hydrogen) atoms. The Labute approximate surface area is 130 Å². The van der Waals surface area contributed by atoms with Crippen molar-refractivity contribution in [3.63, 3.8) is 0 Å². The third-order valence-corrected chi connectivity index (χ3v) is 4.33. The summed E-state index contributed by atoms with van der Waals surface area (Å²) >= 11 is 0. The minimum absolute atomic E-state index is 0.0347. The molecule has 0 spiro atoms. The summed E-state index contributed by atoms with van der Waals surface area (Å²) in [4.78, 5) is 18.7. The Balaban J connectivity index is 1.57. The number of carbonyl (C=O) groups excluding carboxylic acids is 1. The van der Waals surface area contributed by atoms with E-state index in [1.54, 1.807) is 4.90 Å². The van der Waals surface area contributed by atoms with E-state index in [0.717, 1.165) is 18.7 Å². The second kappa shape index (κ2) is 6.75. The van der Waals surface area contributed by atoms with Crippen molar-refractivity contribution in [2.75, 3.05) is 19.7 Å². The maximum absolute atomic E-state index is 12.6. The molecule has 1 saturated heterocycles. The fourth-order valence-corrected chi connectivity index (χ4v) is 3.14. The average Bonchev–Trinajstić information content (AvgIpc) is 3.18. The third-order valence-electron chi connectivity index (χ3n) is 4.33. The zero-order chi connectivity index (χ0) is 15.5. The minimum atomic E-state index is -0.393. The Hall–Kier alpha value is -1.47. The molecule has 2 atom stereocenters. The van der Waals surface area contributed by atoms with E-state index in [4.69, 9.17) is 9.47 Å². The SMILES string of the molecule is Cc1nc([C@H]2CN(C(=O)[C@@H](C)OC3CCCC3)CCO2)n[nH]1. The molecule has 1 N–H and O–H groups in total. The van der Waals surface area contributed by atoms with Crippen LogP contribution < -0.4 is 0 Å². The normalized spacial score (nSPS) is 24.6. The van der Waals surface area contributed by atoms with Crippen molar-refractivity contribution in [1.29, 1.82) is 0 Å². The van der Waals surface area contributed by atoms with E-state index in [9.17, 15) is 4.79 Å². The maximum Gasteiger partial charge on any atom is 0.251 e. The molecule has 7 heteroatoms. The van der Waals surface area contributed by atoms with Gasteiger partial charge < -0.3 is 14.4 Å². The average molecular weight is 308 g/mol. The molecule has 1 saturated carbocycles. The molecule has 1 aliphatic carbocycles. The first-order valence-electron chi connectivity index (χ1n) is 8.08. The van der Waals surface area contributed by atoms with E-state index in [0.29, 0.717) is 25.5 Å². The van der Waals surface area contributed by atoms with Crippen LogP contribution in [0.3, 0.4) is 0 Å². The van der Waals surface area contributed by atoms with Gasteiger partial charge in [-0.2, -0.15) is 5.10 Å². The summed E-state index contributed by atoms with van der Waals surface area (Å²) in [5, 5.41) is 6.94. The molecule has 2 fully saturated rings. The van der Waals surface area contributed by atoms with Gasteiger partial charge in [0.05, 0.1) is 19.3 Å². The van der Waals surface area contributed by atoms with Gasteiger partial charge in [0.25, 0.3) is 5.91 Å². The molecule has 7 nitrogen and oxygen atoms in total. The molecule has 0 unspecified atom stereocenters. The highest BCUT2D eigenvalue weighted by Gasteiger charge is 2.31. The number of aromatic nitrogens is 3. The van der Waals surface area contributed by atoms with Crippen molar-refractivity contribution in [3.8, 4) is 0 Å². The zero-order valence-electron chi connectivity index (χ0n) is 13.2. The molecule has 122 valence electrons. The van der Waals surface area contributed by atoms with Crippen molar-refractivity contribution >= 4 is 5.91 Å². The Morgan fingerprint density at radius 1 is 1.45 bits per heavy atom. The van der Waals surface area contributed by atoms with Gasteiger partial charge in [0.1, 0.15) is 18.0 Å². The van der Waals surface area contributed by atoms with Gasteiger partial charge >= 0.3 is 0 Å². The van der Waals surface area contributed by atoms with Crippen molar-refractivity contribution in [2.24, 2.45) is 0 Å². The lowest BCUT2D eigenvalue weighted by Gasteiger charge is -2.33. The van der Waals surface area contributed by atoms with Crippen LogP contribution in [0.15, 0.2) is 0 Å². The summed E-state index contributed by atoms with van der Waals surface area (Å²) in [6.07, 6.45) is 4.13. The van der Waals surface area contributed by atoms with Crippen LogP contribution in [0.4, 0.5) is 0 Å². The van der Waals surface area contributed by atoms with Gasteiger partial charge in [0.2, 0.25) is 0 Å². The smallest absolute Gasteiger partial charge is 0.251 e. The largest absolute Gasteiger partial charge is 0.366 e.